The molecule has 350 valence electrons. The second-order valence-corrected chi connectivity index (χ2v) is 18.6. The van der Waals surface area contributed by atoms with Gasteiger partial charge in [0.1, 0.15) is 13.2 Å². The summed E-state index contributed by atoms with van der Waals surface area (Å²) in [6.07, 6.45) is 49.5. The molecule has 0 N–H and O–H groups in total. The van der Waals surface area contributed by atoms with Gasteiger partial charge in [0.2, 0.25) is 0 Å². The molecule has 1 atom stereocenters. The van der Waals surface area contributed by atoms with Crippen molar-refractivity contribution in [3.63, 3.8) is 0 Å². The molecule has 0 heterocycles. The summed E-state index contributed by atoms with van der Waals surface area (Å²) in [5.74, 6) is -0.0358. The second kappa shape index (κ2) is 47.5. The van der Waals surface area contributed by atoms with E-state index in [1.165, 1.54) is 193 Å². The van der Waals surface area contributed by atoms with Crippen molar-refractivity contribution in [2.24, 2.45) is 5.92 Å². The highest BCUT2D eigenvalue weighted by Crippen LogP contribution is 2.17. The maximum Gasteiger partial charge on any atom is 0.306 e. The molecule has 6 nitrogen and oxygen atoms in total. The Labute approximate surface area is 368 Å². The summed E-state index contributed by atoms with van der Waals surface area (Å²) in [5, 5.41) is 0. The van der Waals surface area contributed by atoms with Gasteiger partial charge in [-0.25, -0.2) is 0 Å². The molecule has 0 saturated heterocycles. The van der Waals surface area contributed by atoms with E-state index in [-0.39, 0.29) is 31.1 Å². The fraction of sp³-hybridized carbons (Fsp3) is 0.943. The van der Waals surface area contributed by atoms with Gasteiger partial charge in [0.15, 0.2) is 6.10 Å². The van der Waals surface area contributed by atoms with Crippen molar-refractivity contribution in [2.45, 2.75) is 303 Å². The monoisotopic (exact) mass is 835 g/mol. The predicted octanol–water partition coefficient (Wildman–Crippen LogP) is 17.1. The predicted molar refractivity (Wildman–Crippen MR) is 252 cm³/mol. The van der Waals surface area contributed by atoms with Crippen LogP contribution in [0.25, 0.3) is 0 Å². The average Bonchev–Trinajstić information content (AvgIpc) is 3.22. The highest BCUT2D eigenvalue weighted by molar-refractivity contribution is 5.71. The molecular formula is C53H102O6. The lowest BCUT2D eigenvalue weighted by atomic mass is 10.0. The molecule has 0 aliphatic rings. The lowest BCUT2D eigenvalue weighted by Crippen LogP contribution is -2.30. The first-order valence-corrected chi connectivity index (χ1v) is 26.4. The summed E-state index contributed by atoms with van der Waals surface area (Å²) in [4.78, 5) is 37.9. The largest absolute Gasteiger partial charge is 0.462 e. The van der Waals surface area contributed by atoms with E-state index < -0.39 is 6.10 Å². The summed E-state index contributed by atoms with van der Waals surface area (Å²) in [7, 11) is 0. The van der Waals surface area contributed by atoms with Gasteiger partial charge in [0, 0.05) is 19.3 Å². The standard InChI is InChI=1S/C53H102O6/c1-5-7-9-11-13-15-17-19-20-21-22-23-25-28-32-36-40-44-51(54)57-47-50(59-53(56)46-42-38-34-29-24-18-16-14-12-10-8-6-2)48-58-52(55)45-41-37-33-30-26-27-31-35-39-43-49(3)4/h49-50H,5-48H2,1-4H3/t50-/m0/s1. The van der Waals surface area contributed by atoms with E-state index in [4.69, 9.17) is 14.2 Å². The normalized spacial score (nSPS) is 11.9. The minimum atomic E-state index is -0.760. The Balaban J connectivity index is 4.27. The van der Waals surface area contributed by atoms with Crippen molar-refractivity contribution in [2.75, 3.05) is 13.2 Å². The zero-order valence-corrected chi connectivity index (χ0v) is 40.2. The molecule has 6 heteroatoms. The highest BCUT2D eigenvalue weighted by Gasteiger charge is 2.19. The third kappa shape index (κ3) is 47.3. The van der Waals surface area contributed by atoms with Crippen LogP contribution in [0.15, 0.2) is 0 Å². The highest BCUT2D eigenvalue weighted by atomic mass is 16.6. The Hall–Kier alpha value is -1.59. The number of hydrogen-bond donors (Lipinski definition) is 0. The molecule has 0 spiro atoms. The first-order valence-electron chi connectivity index (χ1n) is 26.4. The Morgan fingerprint density at radius 1 is 0.322 bits per heavy atom. The molecule has 0 amide bonds. The number of rotatable bonds is 48. The minimum absolute atomic E-state index is 0.0628. The van der Waals surface area contributed by atoms with Crippen molar-refractivity contribution < 1.29 is 28.6 Å². The molecule has 0 aromatic carbocycles. The number of esters is 3. The first kappa shape index (κ1) is 57.4. The fourth-order valence-corrected chi connectivity index (χ4v) is 8.04. The maximum absolute atomic E-state index is 12.8. The lowest BCUT2D eigenvalue weighted by Gasteiger charge is -2.18. The molecule has 0 fully saturated rings. The zero-order chi connectivity index (χ0) is 43.1. The third-order valence-electron chi connectivity index (χ3n) is 12.0. The molecule has 0 aromatic rings. The van der Waals surface area contributed by atoms with Gasteiger partial charge in [-0.1, -0.05) is 259 Å². The van der Waals surface area contributed by atoms with Crippen LogP contribution in [0.5, 0.6) is 0 Å². The molecule has 0 aliphatic heterocycles. The van der Waals surface area contributed by atoms with Crippen LogP contribution in [0.2, 0.25) is 0 Å². The number of carbonyl (C=O) groups excluding carboxylic acids is 3. The van der Waals surface area contributed by atoms with Gasteiger partial charge in [-0.05, 0) is 25.2 Å². The minimum Gasteiger partial charge on any atom is -0.462 e. The topological polar surface area (TPSA) is 78.9 Å². The van der Waals surface area contributed by atoms with Gasteiger partial charge in [-0.3, -0.25) is 14.4 Å². The van der Waals surface area contributed by atoms with E-state index in [1.807, 2.05) is 0 Å². The molecule has 59 heavy (non-hydrogen) atoms. The van der Waals surface area contributed by atoms with Gasteiger partial charge in [-0.15, -0.1) is 0 Å². The molecule has 0 rings (SSSR count). The Kier molecular flexibility index (Phi) is 46.2. The Morgan fingerprint density at radius 3 is 0.831 bits per heavy atom. The summed E-state index contributed by atoms with van der Waals surface area (Å²) in [6.45, 7) is 9.01. The first-order chi connectivity index (χ1) is 28.9. The molecule has 0 unspecified atom stereocenters. The van der Waals surface area contributed by atoms with Crippen LogP contribution in [-0.2, 0) is 28.6 Å². The van der Waals surface area contributed by atoms with Gasteiger partial charge < -0.3 is 14.2 Å². The number of hydrogen-bond acceptors (Lipinski definition) is 6. The van der Waals surface area contributed by atoms with Crippen LogP contribution in [0.3, 0.4) is 0 Å². The van der Waals surface area contributed by atoms with E-state index in [0.29, 0.717) is 19.3 Å². The lowest BCUT2D eigenvalue weighted by molar-refractivity contribution is -0.167. The zero-order valence-electron chi connectivity index (χ0n) is 40.2. The van der Waals surface area contributed by atoms with Gasteiger partial charge >= 0.3 is 17.9 Å². The van der Waals surface area contributed by atoms with E-state index in [2.05, 4.69) is 27.7 Å². The van der Waals surface area contributed by atoms with Gasteiger partial charge in [0.25, 0.3) is 0 Å². The molecule has 0 saturated carbocycles. The second-order valence-electron chi connectivity index (χ2n) is 18.6. The molecule has 0 aromatic heterocycles. The van der Waals surface area contributed by atoms with Crippen molar-refractivity contribution >= 4 is 17.9 Å². The number of ether oxygens (including phenoxy) is 3. The van der Waals surface area contributed by atoms with Crippen LogP contribution >= 0.6 is 0 Å². The van der Waals surface area contributed by atoms with Crippen LogP contribution in [0, 0.1) is 5.92 Å². The van der Waals surface area contributed by atoms with Crippen LogP contribution in [-0.4, -0.2) is 37.2 Å². The Bertz CT molecular complexity index is 887. The quantitative estimate of drug-likeness (QED) is 0.0345. The van der Waals surface area contributed by atoms with Crippen molar-refractivity contribution in [3.05, 3.63) is 0 Å². The van der Waals surface area contributed by atoms with Gasteiger partial charge in [-0.2, -0.15) is 0 Å². The van der Waals surface area contributed by atoms with Crippen LogP contribution in [0.4, 0.5) is 0 Å². The van der Waals surface area contributed by atoms with E-state index in [0.717, 1.165) is 63.7 Å². The SMILES string of the molecule is CCCCCCCCCCCCCCCCCCCC(=O)OC[C@@H](COC(=O)CCCCCCCCCCCC(C)C)OC(=O)CCCCCCCCCCCCCC. The van der Waals surface area contributed by atoms with Crippen molar-refractivity contribution in [1.82, 2.24) is 0 Å². The molecule has 0 bridgehead atoms. The van der Waals surface area contributed by atoms with Crippen LogP contribution in [0.1, 0.15) is 297 Å². The van der Waals surface area contributed by atoms with Gasteiger partial charge in [0.05, 0.1) is 0 Å². The van der Waals surface area contributed by atoms with Crippen molar-refractivity contribution in [1.29, 1.82) is 0 Å². The van der Waals surface area contributed by atoms with E-state index in [9.17, 15) is 14.4 Å². The Morgan fingerprint density at radius 2 is 0.559 bits per heavy atom. The summed E-state index contributed by atoms with van der Waals surface area (Å²) >= 11 is 0. The third-order valence-corrected chi connectivity index (χ3v) is 12.0. The van der Waals surface area contributed by atoms with Crippen molar-refractivity contribution in [3.8, 4) is 0 Å². The average molecular weight is 835 g/mol. The molecular weight excluding hydrogens is 733 g/mol. The fourth-order valence-electron chi connectivity index (χ4n) is 8.04. The summed E-state index contributed by atoms with van der Waals surface area (Å²) in [6, 6.07) is 0. The maximum atomic E-state index is 12.8. The number of unbranched alkanes of at least 4 members (excludes halogenated alkanes) is 35. The summed E-state index contributed by atoms with van der Waals surface area (Å²) < 4.78 is 16.8. The van der Waals surface area contributed by atoms with Crippen LogP contribution < -0.4 is 0 Å². The summed E-state index contributed by atoms with van der Waals surface area (Å²) in [5.41, 5.74) is 0. The molecule has 0 aliphatic carbocycles. The number of carbonyl (C=O) groups is 3. The van der Waals surface area contributed by atoms with E-state index in [1.54, 1.807) is 0 Å². The van der Waals surface area contributed by atoms with E-state index >= 15 is 0 Å². The molecule has 0 radical (unpaired) electrons. The smallest absolute Gasteiger partial charge is 0.306 e.